The van der Waals surface area contributed by atoms with E-state index in [1.165, 1.54) is 77.0 Å². The van der Waals surface area contributed by atoms with Crippen molar-refractivity contribution in [1.29, 1.82) is 5.26 Å². The number of fused-ring (bicyclic) bond motifs is 9. The Bertz CT molecular complexity index is 2820. The normalized spacial score (nSPS) is 13.2. The van der Waals surface area contributed by atoms with Crippen LogP contribution in [0.15, 0.2) is 152 Å². The molecule has 0 unspecified atom stereocenters. The molecule has 0 N–H and O–H groups in total. The first-order valence-electron chi connectivity index (χ1n) is 16.8. The van der Waals surface area contributed by atoms with Crippen molar-refractivity contribution in [2.24, 2.45) is 0 Å². The Kier molecular flexibility index (Phi) is 5.69. The number of nitriles is 1. The fourth-order valence-corrected chi connectivity index (χ4v) is 8.41. The van der Waals surface area contributed by atoms with Crippen molar-refractivity contribution in [2.45, 2.75) is 19.3 Å². The van der Waals surface area contributed by atoms with Gasteiger partial charge in [0.25, 0.3) is 0 Å². The molecule has 0 amide bonds. The highest BCUT2D eigenvalue weighted by Gasteiger charge is 2.36. The first-order chi connectivity index (χ1) is 24.0. The minimum Gasteiger partial charge on any atom is -0.309 e. The second-order valence-corrected chi connectivity index (χ2v) is 13.7. The van der Waals surface area contributed by atoms with Crippen molar-refractivity contribution in [1.82, 2.24) is 9.13 Å². The van der Waals surface area contributed by atoms with Gasteiger partial charge in [0.1, 0.15) is 0 Å². The first kappa shape index (κ1) is 27.7. The largest absolute Gasteiger partial charge is 0.309 e. The third-order valence-corrected chi connectivity index (χ3v) is 10.7. The minimum absolute atomic E-state index is 0.177. The van der Waals surface area contributed by atoms with Crippen molar-refractivity contribution >= 4 is 43.6 Å². The highest BCUT2D eigenvalue weighted by molar-refractivity contribution is 6.12. The Hall–Kier alpha value is -6.37. The molecule has 7 aromatic carbocycles. The molecule has 2 aromatic heterocycles. The smallest absolute Gasteiger partial charge is 0.0991 e. The summed E-state index contributed by atoms with van der Waals surface area (Å²) in [6, 6.07) is 57.1. The number of hydrogen-bond acceptors (Lipinski definition) is 1. The lowest BCUT2D eigenvalue weighted by Gasteiger charge is -2.22. The molecular formula is C46H31N3. The van der Waals surface area contributed by atoms with Gasteiger partial charge in [-0.3, -0.25) is 0 Å². The van der Waals surface area contributed by atoms with Crippen LogP contribution in [0.25, 0.3) is 77.2 Å². The number of hydrogen-bond donors (Lipinski definition) is 0. The Morgan fingerprint density at radius 3 is 1.53 bits per heavy atom. The molecule has 0 atom stereocenters. The van der Waals surface area contributed by atoms with Crippen LogP contribution in [0.3, 0.4) is 0 Å². The molecule has 230 valence electrons. The Morgan fingerprint density at radius 2 is 0.959 bits per heavy atom. The summed E-state index contributed by atoms with van der Waals surface area (Å²) in [5, 5.41) is 14.7. The second-order valence-electron chi connectivity index (χ2n) is 13.7. The molecule has 0 saturated carbocycles. The summed E-state index contributed by atoms with van der Waals surface area (Å²) in [6.07, 6.45) is 0. The number of benzene rings is 7. The lowest BCUT2D eigenvalue weighted by Crippen LogP contribution is -2.15. The summed E-state index contributed by atoms with van der Waals surface area (Å²) >= 11 is 0. The summed E-state index contributed by atoms with van der Waals surface area (Å²) in [5.41, 5.74) is 14.9. The quantitative estimate of drug-likeness (QED) is 0.192. The molecule has 3 heteroatoms. The van der Waals surface area contributed by atoms with E-state index in [1.807, 2.05) is 6.07 Å². The number of para-hydroxylation sites is 3. The molecule has 9 aromatic rings. The highest BCUT2D eigenvalue weighted by atomic mass is 15.0. The van der Waals surface area contributed by atoms with Crippen LogP contribution in [0.2, 0.25) is 0 Å². The van der Waals surface area contributed by atoms with E-state index in [1.54, 1.807) is 0 Å². The first-order valence-corrected chi connectivity index (χ1v) is 16.8. The SMILES string of the molecule is CC1(C)c2ccc(C#N)cc2-c2cc3c4ccccc4n(-c4cccc(-c5cccc(-n6c7ccccc7c7ccccc76)c5)c4)c3cc21. The van der Waals surface area contributed by atoms with E-state index in [-0.39, 0.29) is 5.41 Å². The van der Waals surface area contributed by atoms with Crippen LogP contribution in [-0.4, -0.2) is 9.13 Å². The summed E-state index contributed by atoms with van der Waals surface area (Å²) in [4.78, 5) is 0. The van der Waals surface area contributed by atoms with Gasteiger partial charge in [-0.1, -0.05) is 98.8 Å². The van der Waals surface area contributed by atoms with Crippen molar-refractivity contribution in [3.63, 3.8) is 0 Å². The molecule has 0 spiro atoms. The Morgan fingerprint density at radius 1 is 0.449 bits per heavy atom. The predicted molar refractivity (Wildman–Crippen MR) is 203 cm³/mol. The molecule has 0 radical (unpaired) electrons. The molecule has 0 bridgehead atoms. The van der Waals surface area contributed by atoms with Gasteiger partial charge in [0, 0.05) is 38.3 Å². The van der Waals surface area contributed by atoms with Gasteiger partial charge >= 0.3 is 0 Å². The molecule has 1 aliphatic carbocycles. The van der Waals surface area contributed by atoms with Crippen LogP contribution in [0.5, 0.6) is 0 Å². The summed E-state index contributed by atoms with van der Waals surface area (Å²) in [7, 11) is 0. The van der Waals surface area contributed by atoms with E-state index in [0.29, 0.717) is 5.56 Å². The van der Waals surface area contributed by atoms with Gasteiger partial charge in [-0.15, -0.1) is 0 Å². The van der Waals surface area contributed by atoms with E-state index >= 15 is 0 Å². The zero-order valence-electron chi connectivity index (χ0n) is 27.3. The van der Waals surface area contributed by atoms with Gasteiger partial charge in [0.2, 0.25) is 0 Å². The predicted octanol–water partition coefficient (Wildman–Crippen LogP) is 11.7. The zero-order valence-corrected chi connectivity index (χ0v) is 27.3. The van der Waals surface area contributed by atoms with Gasteiger partial charge in [-0.05, 0) is 100 Å². The monoisotopic (exact) mass is 625 g/mol. The fourth-order valence-electron chi connectivity index (χ4n) is 8.41. The van der Waals surface area contributed by atoms with E-state index in [4.69, 9.17) is 0 Å². The third-order valence-electron chi connectivity index (χ3n) is 10.7. The molecule has 3 nitrogen and oxygen atoms in total. The van der Waals surface area contributed by atoms with E-state index in [0.717, 1.165) is 11.4 Å². The molecule has 49 heavy (non-hydrogen) atoms. The van der Waals surface area contributed by atoms with Crippen LogP contribution >= 0.6 is 0 Å². The molecule has 1 aliphatic rings. The topological polar surface area (TPSA) is 33.6 Å². The van der Waals surface area contributed by atoms with Crippen molar-refractivity contribution < 1.29 is 0 Å². The molecule has 0 aliphatic heterocycles. The van der Waals surface area contributed by atoms with Crippen molar-refractivity contribution in [2.75, 3.05) is 0 Å². The number of rotatable bonds is 3. The average molecular weight is 626 g/mol. The second kappa shape index (κ2) is 10.1. The standard InChI is InChI=1S/C46H31N3/c1-46(2)40-22-21-29(28-47)23-37(40)38-26-39-36-17-5-8-20-44(36)49(45(39)27-41(38)46)33-14-10-12-31(25-33)30-11-9-13-32(24-30)48-42-18-6-3-15-34(42)35-16-4-7-19-43(35)48/h3-27H,1-2H3. The van der Waals surface area contributed by atoms with Crippen molar-refractivity contribution in [3.8, 4) is 39.7 Å². The number of nitrogens with zero attached hydrogens (tertiary/aromatic N) is 3. The molecule has 0 saturated heterocycles. The molecule has 2 heterocycles. The van der Waals surface area contributed by atoms with Crippen molar-refractivity contribution in [3.05, 3.63) is 168 Å². The molecular weight excluding hydrogens is 595 g/mol. The fraction of sp³-hybridized carbons (Fsp3) is 0.0652. The van der Waals surface area contributed by atoms with Crippen LogP contribution in [0, 0.1) is 11.3 Å². The average Bonchev–Trinajstić information content (AvgIpc) is 3.74. The van der Waals surface area contributed by atoms with Crippen LogP contribution in [-0.2, 0) is 5.41 Å². The summed E-state index contributed by atoms with van der Waals surface area (Å²) in [5.74, 6) is 0. The van der Waals surface area contributed by atoms with E-state index in [9.17, 15) is 5.26 Å². The lowest BCUT2D eigenvalue weighted by atomic mass is 9.82. The van der Waals surface area contributed by atoms with Gasteiger partial charge in [-0.2, -0.15) is 5.26 Å². The molecule has 10 rings (SSSR count). The Balaban J connectivity index is 1.16. The number of aromatic nitrogens is 2. The maximum Gasteiger partial charge on any atom is 0.0991 e. The summed E-state index contributed by atoms with van der Waals surface area (Å²) in [6.45, 7) is 4.60. The molecule has 0 fully saturated rings. The Labute approximate surface area is 284 Å². The maximum atomic E-state index is 9.69. The van der Waals surface area contributed by atoms with Gasteiger partial charge in [-0.25, -0.2) is 0 Å². The van der Waals surface area contributed by atoms with Crippen LogP contribution in [0.4, 0.5) is 0 Å². The van der Waals surface area contributed by atoms with Crippen LogP contribution < -0.4 is 0 Å². The van der Waals surface area contributed by atoms with Crippen LogP contribution in [0.1, 0.15) is 30.5 Å². The van der Waals surface area contributed by atoms with Gasteiger partial charge in [0.05, 0.1) is 33.7 Å². The highest BCUT2D eigenvalue weighted by Crippen LogP contribution is 2.51. The van der Waals surface area contributed by atoms with E-state index in [2.05, 4.69) is 175 Å². The third kappa shape index (κ3) is 3.89. The minimum atomic E-state index is -0.177. The lowest BCUT2D eigenvalue weighted by molar-refractivity contribution is 0.661. The maximum absolute atomic E-state index is 9.69. The van der Waals surface area contributed by atoms with Gasteiger partial charge < -0.3 is 9.13 Å². The van der Waals surface area contributed by atoms with Gasteiger partial charge in [0.15, 0.2) is 0 Å². The van der Waals surface area contributed by atoms with E-state index < -0.39 is 0 Å². The summed E-state index contributed by atoms with van der Waals surface area (Å²) < 4.78 is 4.80. The zero-order chi connectivity index (χ0) is 32.9.